The van der Waals surface area contributed by atoms with E-state index in [2.05, 4.69) is 5.32 Å². The standard InChI is InChI=1S/C11H15NO2S/c1-12-9-3-4-10-5-7-11(8-6-10)15(2,13)14/h3-8,12H,9H2,1-2H3. The Morgan fingerprint density at radius 2 is 1.87 bits per heavy atom. The minimum absolute atomic E-state index is 0.355. The number of nitrogens with one attached hydrogen (secondary N) is 1. The molecule has 0 heterocycles. The fraction of sp³-hybridized carbons (Fsp3) is 0.273. The first-order valence-corrected chi connectivity index (χ1v) is 6.54. The average Bonchev–Trinajstić information content (AvgIpc) is 2.18. The van der Waals surface area contributed by atoms with Crippen LogP contribution in [0.2, 0.25) is 0 Å². The molecule has 1 N–H and O–H groups in total. The van der Waals surface area contributed by atoms with Crippen LogP contribution in [0.5, 0.6) is 0 Å². The third-order valence-corrected chi connectivity index (χ3v) is 3.07. The van der Waals surface area contributed by atoms with Crippen molar-refractivity contribution in [3.8, 4) is 0 Å². The summed E-state index contributed by atoms with van der Waals surface area (Å²) in [6.45, 7) is 0.799. The van der Waals surface area contributed by atoms with E-state index < -0.39 is 9.84 Å². The van der Waals surface area contributed by atoms with E-state index in [1.807, 2.05) is 19.2 Å². The van der Waals surface area contributed by atoms with Crippen molar-refractivity contribution in [2.75, 3.05) is 19.8 Å². The molecule has 15 heavy (non-hydrogen) atoms. The summed E-state index contributed by atoms with van der Waals surface area (Å²) in [6.07, 6.45) is 5.14. The first-order chi connectivity index (χ1) is 7.04. The molecule has 0 bridgehead atoms. The predicted octanol–water partition coefficient (Wildman–Crippen LogP) is 1.32. The van der Waals surface area contributed by atoms with Crippen molar-refractivity contribution in [2.24, 2.45) is 0 Å². The van der Waals surface area contributed by atoms with Crippen LogP contribution in [0.4, 0.5) is 0 Å². The molecule has 4 heteroatoms. The Labute approximate surface area is 90.7 Å². The smallest absolute Gasteiger partial charge is 0.175 e. The van der Waals surface area contributed by atoms with Gasteiger partial charge in [-0.2, -0.15) is 0 Å². The SMILES string of the molecule is CNCC=Cc1ccc(S(C)(=O)=O)cc1. The largest absolute Gasteiger partial charge is 0.316 e. The molecule has 0 aliphatic heterocycles. The first kappa shape index (κ1) is 11.9. The molecule has 1 aromatic rings. The Bertz CT molecular complexity index is 432. The monoisotopic (exact) mass is 225 g/mol. The molecule has 0 spiro atoms. The van der Waals surface area contributed by atoms with Crippen molar-refractivity contribution in [1.82, 2.24) is 5.32 Å². The minimum Gasteiger partial charge on any atom is -0.316 e. The molecule has 0 aliphatic carbocycles. The average molecular weight is 225 g/mol. The highest BCUT2D eigenvalue weighted by molar-refractivity contribution is 7.90. The van der Waals surface area contributed by atoms with Gasteiger partial charge in [0.25, 0.3) is 0 Å². The number of hydrogen-bond donors (Lipinski definition) is 1. The van der Waals surface area contributed by atoms with E-state index in [1.54, 1.807) is 24.3 Å². The molecule has 0 fully saturated rings. The van der Waals surface area contributed by atoms with E-state index in [0.29, 0.717) is 4.90 Å². The summed E-state index contributed by atoms with van der Waals surface area (Å²) in [6, 6.07) is 6.83. The van der Waals surface area contributed by atoms with Gasteiger partial charge in [0.2, 0.25) is 0 Å². The molecular formula is C11H15NO2S. The van der Waals surface area contributed by atoms with E-state index in [0.717, 1.165) is 12.1 Å². The van der Waals surface area contributed by atoms with Gasteiger partial charge in [-0.15, -0.1) is 0 Å². The summed E-state index contributed by atoms with van der Waals surface area (Å²) < 4.78 is 22.4. The molecule has 1 rings (SSSR count). The van der Waals surface area contributed by atoms with Crippen molar-refractivity contribution in [3.05, 3.63) is 35.9 Å². The number of likely N-dealkylation sites (N-methyl/N-ethyl adjacent to an activating group) is 1. The third kappa shape index (κ3) is 3.85. The fourth-order valence-corrected chi connectivity index (χ4v) is 1.77. The van der Waals surface area contributed by atoms with Crippen LogP contribution in [-0.4, -0.2) is 28.3 Å². The molecule has 0 aromatic heterocycles. The Balaban J connectivity index is 2.82. The van der Waals surface area contributed by atoms with Crippen molar-refractivity contribution >= 4 is 15.9 Å². The number of hydrogen-bond acceptors (Lipinski definition) is 3. The van der Waals surface area contributed by atoms with E-state index in [-0.39, 0.29) is 0 Å². The Kier molecular flexibility index (Phi) is 4.05. The molecule has 0 radical (unpaired) electrons. The van der Waals surface area contributed by atoms with E-state index >= 15 is 0 Å². The van der Waals surface area contributed by atoms with Crippen LogP contribution in [0, 0.1) is 0 Å². The maximum Gasteiger partial charge on any atom is 0.175 e. The number of sulfone groups is 1. The summed E-state index contributed by atoms with van der Waals surface area (Å²) in [5.41, 5.74) is 0.998. The summed E-state index contributed by atoms with van der Waals surface area (Å²) >= 11 is 0. The van der Waals surface area contributed by atoms with E-state index in [1.165, 1.54) is 6.26 Å². The van der Waals surface area contributed by atoms with Crippen LogP contribution in [0.15, 0.2) is 35.2 Å². The van der Waals surface area contributed by atoms with Crippen molar-refractivity contribution in [3.63, 3.8) is 0 Å². The van der Waals surface area contributed by atoms with Gasteiger partial charge >= 0.3 is 0 Å². The molecule has 3 nitrogen and oxygen atoms in total. The highest BCUT2D eigenvalue weighted by Crippen LogP contribution is 2.11. The lowest BCUT2D eigenvalue weighted by atomic mass is 10.2. The zero-order chi connectivity index (χ0) is 11.3. The lowest BCUT2D eigenvalue weighted by molar-refractivity contribution is 0.602. The topological polar surface area (TPSA) is 46.2 Å². The van der Waals surface area contributed by atoms with Gasteiger partial charge in [0, 0.05) is 12.8 Å². The minimum atomic E-state index is -3.08. The number of rotatable bonds is 4. The summed E-state index contributed by atoms with van der Waals surface area (Å²) in [7, 11) is -1.21. The Hall–Kier alpha value is -1.13. The zero-order valence-electron chi connectivity index (χ0n) is 8.90. The maximum absolute atomic E-state index is 11.2. The highest BCUT2D eigenvalue weighted by atomic mass is 32.2. The summed E-state index contributed by atoms with van der Waals surface area (Å²) in [4.78, 5) is 0.355. The van der Waals surface area contributed by atoms with Gasteiger partial charge in [-0.25, -0.2) is 8.42 Å². The lowest BCUT2D eigenvalue weighted by Crippen LogP contribution is -2.03. The van der Waals surface area contributed by atoms with Gasteiger partial charge in [-0.3, -0.25) is 0 Å². The predicted molar refractivity (Wildman–Crippen MR) is 62.5 cm³/mol. The lowest BCUT2D eigenvalue weighted by Gasteiger charge is -1.98. The van der Waals surface area contributed by atoms with Gasteiger partial charge in [0.15, 0.2) is 9.84 Å². The van der Waals surface area contributed by atoms with Gasteiger partial charge in [0.1, 0.15) is 0 Å². The fourth-order valence-electron chi connectivity index (χ4n) is 1.14. The molecule has 82 valence electrons. The van der Waals surface area contributed by atoms with Crippen LogP contribution < -0.4 is 5.32 Å². The third-order valence-electron chi connectivity index (χ3n) is 1.94. The molecule has 1 aromatic carbocycles. The van der Waals surface area contributed by atoms with Crippen molar-refractivity contribution < 1.29 is 8.42 Å². The van der Waals surface area contributed by atoms with Crippen molar-refractivity contribution in [2.45, 2.75) is 4.90 Å². The summed E-state index contributed by atoms with van der Waals surface area (Å²) in [5.74, 6) is 0. The van der Waals surface area contributed by atoms with Crippen molar-refractivity contribution in [1.29, 1.82) is 0 Å². The second-order valence-corrected chi connectivity index (χ2v) is 5.32. The van der Waals surface area contributed by atoms with Gasteiger partial charge in [0.05, 0.1) is 4.90 Å². The second-order valence-electron chi connectivity index (χ2n) is 3.30. The van der Waals surface area contributed by atoms with Crippen LogP contribution in [0.1, 0.15) is 5.56 Å². The molecule has 0 atom stereocenters. The van der Waals surface area contributed by atoms with Crippen LogP contribution in [0.25, 0.3) is 6.08 Å². The molecule has 0 aliphatic rings. The molecule has 0 amide bonds. The van der Waals surface area contributed by atoms with Crippen LogP contribution in [0.3, 0.4) is 0 Å². The number of benzene rings is 1. The van der Waals surface area contributed by atoms with E-state index in [4.69, 9.17) is 0 Å². The molecule has 0 saturated carbocycles. The first-order valence-electron chi connectivity index (χ1n) is 4.65. The quantitative estimate of drug-likeness (QED) is 0.840. The normalized spacial score (nSPS) is 12.1. The van der Waals surface area contributed by atoms with Gasteiger partial charge in [-0.05, 0) is 24.7 Å². The van der Waals surface area contributed by atoms with Crippen LogP contribution in [-0.2, 0) is 9.84 Å². The summed E-state index contributed by atoms with van der Waals surface area (Å²) in [5, 5.41) is 2.99. The molecular weight excluding hydrogens is 210 g/mol. The molecule has 0 unspecified atom stereocenters. The zero-order valence-corrected chi connectivity index (χ0v) is 9.71. The van der Waals surface area contributed by atoms with Gasteiger partial charge < -0.3 is 5.32 Å². The van der Waals surface area contributed by atoms with E-state index in [9.17, 15) is 8.42 Å². The maximum atomic E-state index is 11.2. The Morgan fingerprint density at radius 1 is 1.27 bits per heavy atom. The Morgan fingerprint density at radius 3 is 2.33 bits per heavy atom. The highest BCUT2D eigenvalue weighted by Gasteiger charge is 2.04. The van der Waals surface area contributed by atoms with Gasteiger partial charge in [-0.1, -0.05) is 24.3 Å². The van der Waals surface area contributed by atoms with Crippen LogP contribution >= 0.6 is 0 Å². The molecule has 0 saturated heterocycles. The second kappa shape index (κ2) is 5.09.